The van der Waals surface area contributed by atoms with Crippen LogP contribution in [-0.4, -0.2) is 38.1 Å². The number of nitrogens with one attached hydrogen (secondary N) is 1. The van der Waals surface area contributed by atoms with Crippen molar-refractivity contribution in [3.8, 4) is 0 Å². The number of halogens is 1. The fraction of sp³-hybridized carbons (Fsp3) is 0.588. The molecule has 0 unspecified atom stereocenters. The topological polar surface area (TPSA) is 36.9 Å². The molecule has 1 N–H and O–H groups in total. The fourth-order valence-electron chi connectivity index (χ4n) is 2.12. The second-order valence-corrected chi connectivity index (χ2v) is 5.20. The van der Waals surface area contributed by atoms with E-state index in [0.717, 1.165) is 19.0 Å². The van der Waals surface area contributed by atoms with Crippen molar-refractivity contribution >= 4 is 29.9 Å². The second kappa shape index (κ2) is 12.7. The van der Waals surface area contributed by atoms with Crippen LogP contribution in [0.25, 0.3) is 0 Å². The first-order valence-corrected chi connectivity index (χ1v) is 7.77. The maximum absolute atomic E-state index is 5.17. The lowest BCUT2D eigenvalue weighted by Crippen LogP contribution is -2.39. The van der Waals surface area contributed by atoms with Gasteiger partial charge in [0.25, 0.3) is 0 Å². The van der Waals surface area contributed by atoms with E-state index in [-0.39, 0.29) is 24.0 Å². The minimum atomic E-state index is 0. The predicted molar refractivity (Wildman–Crippen MR) is 105 cm³/mol. The van der Waals surface area contributed by atoms with Crippen molar-refractivity contribution in [1.29, 1.82) is 0 Å². The molecular formula is C17H30IN3O. The lowest BCUT2D eigenvalue weighted by molar-refractivity contribution is 0.185. The van der Waals surface area contributed by atoms with Gasteiger partial charge in [-0.1, -0.05) is 37.6 Å². The van der Waals surface area contributed by atoms with Crippen LogP contribution in [0.15, 0.2) is 29.3 Å². The lowest BCUT2D eigenvalue weighted by atomic mass is 10.1. The third kappa shape index (κ3) is 7.98. The molecule has 0 aromatic heterocycles. The maximum atomic E-state index is 5.17. The molecule has 0 amide bonds. The Kier molecular flexibility index (Phi) is 12.2. The molecule has 0 radical (unpaired) electrons. The molecule has 4 nitrogen and oxygen atoms in total. The van der Waals surface area contributed by atoms with Crippen LogP contribution in [0.4, 0.5) is 0 Å². The van der Waals surface area contributed by atoms with Gasteiger partial charge in [0.15, 0.2) is 5.96 Å². The van der Waals surface area contributed by atoms with E-state index >= 15 is 0 Å². The third-order valence-electron chi connectivity index (χ3n) is 3.26. The van der Waals surface area contributed by atoms with Crippen molar-refractivity contribution in [1.82, 2.24) is 10.2 Å². The summed E-state index contributed by atoms with van der Waals surface area (Å²) in [6.07, 6.45) is 2.38. The molecule has 0 heterocycles. The first-order chi connectivity index (χ1) is 10.2. The summed E-state index contributed by atoms with van der Waals surface area (Å²) in [5.74, 6) is 0.975. The number of hydrogen-bond acceptors (Lipinski definition) is 2. The molecule has 0 aliphatic rings. The molecule has 0 atom stereocenters. The van der Waals surface area contributed by atoms with Crippen molar-refractivity contribution in [2.24, 2.45) is 4.99 Å². The van der Waals surface area contributed by atoms with Gasteiger partial charge in [-0.15, -0.1) is 24.0 Å². The summed E-state index contributed by atoms with van der Waals surface area (Å²) in [5.41, 5.74) is 2.40. The van der Waals surface area contributed by atoms with Gasteiger partial charge in [-0.05, 0) is 24.5 Å². The molecule has 126 valence electrons. The number of aliphatic imine (C=N–C) groups is 1. The Hall–Kier alpha value is -0.820. The molecule has 5 heteroatoms. The van der Waals surface area contributed by atoms with Gasteiger partial charge in [0.2, 0.25) is 0 Å². The van der Waals surface area contributed by atoms with Crippen LogP contribution in [0.3, 0.4) is 0 Å². The normalized spacial score (nSPS) is 11.0. The van der Waals surface area contributed by atoms with Crippen molar-refractivity contribution in [2.45, 2.75) is 39.8 Å². The van der Waals surface area contributed by atoms with E-state index in [0.29, 0.717) is 13.2 Å². The van der Waals surface area contributed by atoms with E-state index in [4.69, 9.17) is 9.73 Å². The molecule has 22 heavy (non-hydrogen) atoms. The van der Waals surface area contributed by atoms with Crippen LogP contribution in [0.2, 0.25) is 0 Å². The zero-order chi connectivity index (χ0) is 15.5. The van der Waals surface area contributed by atoms with Gasteiger partial charge in [0.1, 0.15) is 0 Å². The molecule has 1 aromatic rings. The van der Waals surface area contributed by atoms with Gasteiger partial charge < -0.3 is 15.0 Å². The van der Waals surface area contributed by atoms with Crippen LogP contribution in [-0.2, 0) is 17.9 Å². The molecule has 0 spiro atoms. The van der Waals surface area contributed by atoms with Crippen LogP contribution in [0, 0.1) is 0 Å². The van der Waals surface area contributed by atoms with Crippen LogP contribution in [0.1, 0.15) is 37.8 Å². The highest BCUT2D eigenvalue weighted by atomic mass is 127. The number of rotatable bonds is 8. The van der Waals surface area contributed by atoms with E-state index in [2.05, 4.69) is 55.4 Å². The SMILES string of the molecule is CCCCN(C)C(=NCc1cccc(COC)c1)NCC.I. The van der Waals surface area contributed by atoms with Crippen LogP contribution >= 0.6 is 24.0 Å². The van der Waals surface area contributed by atoms with Gasteiger partial charge in [0, 0.05) is 27.2 Å². The predicted octanol–water partition coefficient (Wildman–Crippen LogP) is 3.65. The average molecular weight is 419 g/mol. The maximum Gasteiger partial charge on any atom is 0.193 e. The molecular weight excluding hydrogens is 389 g/mol. The molecule has 0 bridgehead atoms. The first kappa shape index (κ1) is 21.2. The van der Waals surface area contributed by atoms with Gasteiger partial charge >= 0.3 is 0 Å². The Balaban J connectivity index is 0.00000441. The smallest absolute Gasteiger partial charge is 0.193 e. The van der Waals surface area contributed by atoms with Crippen molar-refractivity contribution in [3.05, 3.63) is 35.4 Å². The second-order valence-electron chi connectivity index (χ2n) is 5.20. The Morgan fingerprint density at radius 1 is 1.27 bits per heavy atom. The summed E-state index contributed by atoms with van der Waals surface area (Å²) in [5, 5.41) is 3.35. The number of methoxy groups -OCH3 is 1. The Morgan fingerprint density at radius 2 is 2.00 bits per heavy atom. The monoisotopic (exact) mass is 419 g/mol. The van der Waals surface area contributed by atoms with Gasteiger partial charge in [0.05, 0.1) is 13.2 Å². The van der Waals surface area contributed by atoms with Crippen molar-refractivity contribution in [2.75, 3.05) is 27.2 Å². The summed E-state index contributed by atoms with van der Waals surface area (Å²) in [6.45, 7) is 7.57. The van der Waals surface area contributed by atoms with Crippen LogP contribution < -0.4 is 5.32 Å². The lowest BCUT2D eigenvalue weighted by Gasteiger charge is -2.21. The number of hydrogen-bond donors (Lipinski definition) is 1. The van der Waals surface area contributed by atoms with Crippen LogP contribution in [0.5, 0.6) is 0 Å². The van der Waals surface area contributed by atoms with Crippen molar-refractivity contribution in [3.63, 3.8) is 0 Å². The van der Waals surface area contributed by atoms with Gasteiger partial charge in [-0.25, -0.2) is 4.99 Å². The Bertz CT molecular complexity index is 438. The van der Waals surface area contributed by atoms with E-state index in [1.807, 2.05) is 0 Å². The highest BCUT2D eigenvalue weighted by Crippen LogP contribution is 2.08. The Morgan fingerprint density at radius 3 is 2.64 bits per heavy atom. The highest BCUT2D eigenvalue weighted by Gasteiger charge is 2.04. The quantitative estimate of drug-likeness (QED) is 0.397. The molecule has 0 aliphatic heterocycles. The summed E-state index contributed by atoms with van der Waals surface area (Å²) < 4.78 is 5.17. The summed E-state index contributed by atoms with van der Waals surface area (Å²) >= 11 is 0. The number of ether oxygens (including phenoxy) is 1. The van der Waals surface area contributed by atoms with Gasteiger partial charge in [-0.2, -0.15) is 0 Å². The molecule has 1 rings (SSSR count). The Labute approximate surface area is 152 Å². The highest BCUT2D eigenvalue weighted by molar-refractivity contribution is 14.0. The molecule has 0 fully saturated rings. The van der Waals surface area contributed by atoms with Gasteiger partial charge in [-0.3, -0.25) is 0 Å². The average Bonchev–Trinajstić information content (AvgIpc) is 2.49. The number of unbranched alkanes of at least 4 members (excludes halogenated alkanes) is 1. The number of guanidine groups is 1. The zero-order valence-electron chi connectivity index (χ0n) is 14.3. The minimum absolute atomic E-state index is 0. The van der Waals surface area contributed by atoms with E-state index in [9.17, 15) is 0 Å². The van der Waals surface area contributed by atoms with Crippen molar-refractivity contribution < 1.29 is 4.74 Å². The summed E-state index contributed by atoms with van der Waals surface area (Å²) in [6, 6.07) is 8.41. The molecule has 1 aromatic carbocycles. The number of benzene rings is 1. The summed E-state index contributed by atoms with van der Waals surface area (Å²) in [4.78, 5) is 6.93. The third-order valence-corrected chi connectivity index (χ3v) is 3.26. The number of nitrogens with zero attached hydrogens (tertiary/aromatic N) is 2. The van der Waals surface area contributed by atoms with E-state index in [1.54, 1.807) is 7.11 Å². The fourth-order valence-corrected chi connectivity index (χ4v) is 2.12. The summed E-state index contributed by atoms with van der Waals surface area (Å²) in [7, 11) is 3.81. The standard InChI is InChI=1S/C17H29N3O.HI/c1-5-7-11-20(3)17(18-6-2)19-13-15-9-8-10-16(12-15)14-21-4;/h8-10,12H,5-7,11,13-14H2,1-4H3,(H,18,19);1H. The molecule has 0 aliphatic carbocycles. The molecule has 0 saturated heterocycles. The molecule has 0 saturated carbocycles. The van der Waals surface area contributed by atoms with E-state index < -0.39 is 0 Å². The largest absolute Gasteiger partial charge is 0.380 e. The van der Waals surface area contributed by atoms with E-state index in [1.165, 1.54) is 24.0 Å². The first-order valence-electron chi connectivity index (χ1n) is 7.77. The zero-order valence-corrected chi connectivity index (χ0v) is 16.6. The minimum Gasteiger partial charge on any atom is -0.380 e.